The Morgan fingerprint density at radius 2 is 1.83 bits per heavy atom. The van der Waals surface area contributed by atoms with Crippen LogP contribution in [0.2, 0.25) is 5.28 Å². The number of benzene rings is 1. The van der Waals surface area contributed by atoms with Crippen molar-refractivity contribution in [2.45, 2.75) is 27.7 Å². The van der Waals surface area contributed by atoms with E-state index in [1.54, 1.807) is 7.05 Å². The van der Waals surface area contributed by atoms with Crippen LogP contribution in [0.25, 0.3) is 10.9 Å². The number of hydrogen-bond acceptors (Lipinski definition) is 2. The van der Waals surface area contributed by atoms with E-state index in [2.05, 4.69) is 20.9 Å². The Kier molecular flexibility index (Phi) is 4.93. The standard InChI is InChI=1S/C11H10BrClN2O.C2H6/c1-5-4-6(2)9-7(8(5)12)10(16)15(3)11(13)14-9;1-2/h4H,1-3H3;1-2H3. The van der Waals surface area contributed by atoms with Crippen LogP contribution in [0, 0.1) is 13.8 Å². The number of hydrogen-bond donors (Lipinski definition) is 0. The van der Waals surface area contributed by atoms with Crippen LogP contribution >= 0.6 is 27.5 Å². The molecule has 0 radical (unpaired) electrons. The number of fused-ring (bicyclic) bond motifs is 1. The Hall–Kier alpha value is -0.870. The lowest BCUT2D eigenvalue weighted by atomic mass is 10.1. The first kappa shape index (κ1) is 15.2. The Morgan fingerprint density at radius 1 is 1.28 bits per heavy atom. The summed E-state index contributed by atoms with van der Waals surface area (Å²) in [4.78, 5) is 16.3. The lowest BCUT2D eigenvalue weighted by Gasteiger charge is -2.09. The molecule has 1 heterocycles. The summed E-state index contributed by atoms with van der Waals surface area (Å²) in [6.45, 7) is 7.87. The minimum Gasteiger partial charge on any atom is -0.286 e. The Bertz CT molecular complexity index is 650. The van der Waals surface area contributed by atoms with Gasteiger partial charge in [-0.3, -0.25) is 9.36 Å². The van der Waals surface area contributed by atoms with E-state index in [1.165, 1.54) is 4.57 Å². The van der Waals surface area contributed by atoms with E-state index < -0.39 is 0 Å². The fourth-order valence-electron chi connectivity index (χ4n) is 1.71. The zero-order valence-electron chi connectivity index (χ0n) is 11.1. The van der Waals surface area contributed by atoms with Crippen LogP contribution in [0.15, 0.2) is 15.3 Å². The summed E-state index contributed by atoms with van der Waals surface area (Å²) in [5.74, 6) is 0. The number of aryl methyl sites for hydroxylation is 2. The van der Waals surface area contributed by atoms with Crippen LogP contribution in [0.3, 0.4) is 0 Å². The molecule has 98 valence electrons. The summed E-state index contributed by atoms with van der Waals surface area (Å²) in [6, 6.07) is 1.98. The van der Waals surface area contributed by atoms with Gasteiger partial charge in [0, 0.05) is 11.5 Å². The topological polar surface area (TPSA) is 34.9 Å². The predicted octanol–water partition coefficient (Wildman–Crippen LogP) is 3.99. The first-order valence-electron chi connectivity index (χ1n) is 5.75. The number of halogens is 2. The summed E-state index contributed by atoms with van der Waals surface area (Å²) >= 11 is 9.32. The molecule has 0 amide bonds. The first-order valence-corrected chi connectivity index (χ1v) is 6.92. The molecule has 1 aromatic carbocycles. The minimum absolute atomic E-state index is 0.131. The predicted molar refractivity (Wildman–Crippen MR) is 80.5 cm³/mol. The average molecular weight is 332 g/mol. The third-order valence-corrected chi connectivity index (χ3v) is 3.97. The molecule has 0 N–H and O–H groups in total. The van der Waals surface area contributed by atoms with Crippen LogP contribution in [-0.2, 0) is 7.05 Å². The lowest BCUT2D eigenvalue weighted by Crippen LogP contribution is -2.19. The Balaban J connectivity index is 0.000000771. The van der Waals surface area contributed by atoms with Gasteiger partial charge in [0.1, 0.15) is 0 Å². The highest BCUT2D eigenvalue weighted by molar-refractivity contribution is 9.10. The largest absolute Gasteiger partial charge is 0.286 e. The van der Waals surface area contributed by atoms with Gasteiger partial charge in [-0.15, -0.1) is 0 Å². The molecule has 0 atom stereocenters. The fourth-order valence-corrected chi connectivity index (χ4v) is 2.35. The van der Waals surface area contributed by atoms with E-state index in [0.29, 0.717) is 10.9 Å². The van der Waals surface area contributed by atoms with E-state index in [0.717, 1.165) is 15.6 Å². The van der Waals surface area contributed by atoms with E-state index in [4.69, 9.17) is 11.6 Å². The summed E-state index contributed by atoms with van der Waals surface area (Å²) in [7, 11) is 1.61. The van der Waals surface area contributed by atoms with E-state index in [-0.39, 0.29) is 10.8 Å². The van der Waals surface area contributed by atoms with Gasteiger partial charge in [0.15, 0.2) is 0 Å². The minimum atomic E-state index is -0.131. The highest BCUT2D eigenvalue weighted by Gasteiger charge is 2.13. The van der Waals surface area contributed by atoms with Crippen molar-refractivity contribution in [3.8, 4) is 0 Å². The van der Waals surface area contributed by atoms with Crippen molar-refractivity contribution in [2.24, 2.45) is 7.05 Å². The fraction of sp³-hybridized carbons (Fsp3) is 0.385. The van der Waals surface area contributed by atoms with E-state index >= 15 is 0 Å². The molecule has 2 aromatic rings. The molecule has 1 aromatic heterocycles. The van der Waals surface area contributed by atoms with Gasteiger partial charge < -0.3 is 0 Å². The maximum absolute atomic E-state index is 12.1. The quantitative estimate of drug-likeness (QED) is 0.684. The SMILES string of the molecule is CC.Cc1cc(C)c2nc(Cl)n(C)c(=O)c2c1Br. The molecule has 0 unspecified atom stereocenters. The molecule has 0 bridgehead atoms. The zero-order valence-corrected chi connectivity index (χ0v) is 13.5. The Morgan fingerprint density at radius 3 is 2.39 bits per heavy atom. The molecule has 0 aliphatic carbocycles. The molecule has 0 aliphatic heterocycles. The van der Waals surface area contributed by atoms with Crippen LogP contribution in [0.5, 0.6) is 0 Å². The summed E-state index contributed by atoms with van der Waals surface area (Å²) < 4.78 is 2.13. The van der Waals surface area contributed by atoms with Gasteiger partial charge in [0.05, 0.1) is 10.9 Å². The summed E-state index contributed by atoms with van der Waals surface area (Å²) in [5.41, 5.74) is 2.50. The molecule has 0 saturated heterocycles. The summed E-state index contributed by atoms with van der Waals surface area (Å²) in [6.07, 6.45) is 0. The van der Waals surface area contributed by atoms with Crippen molar-refractivity contribution in [1.82, 2.24) is 9.55 Å². The second kappa shape index (κ2) is 5.85. The number of aromatic nitrogens is 2. The molecule has 0 spiro atoms. The lowest BCUT2D eigenvalue weighted by molar-refractivity contribution is 0.843. The maximum atomic E-state index is 12.1. The van der Waals surface area contributed by atoms with Gasteiger partial charge in [-0.1, -0.05) is 19.9 Å². The molecule has 0 fully saturated rings. The van der Waals surface area contributed by atoms with Gasteiger partial charge in [-0.25, -0.2) is 4.98 Å². The second-order valence-electron chi connectivity index (χ2n) is 3.79. The molecular formula is C13H16BrClN2O. The van der Waals surface area contributed by atoms with Gasteiger partial charge in [0.25, 0.3) is 5.56 Å². The van der Waals surface area contributed by atoms with E-state index in [9.17, 15) is 4.79 Å². The monoisotopic (exact) mass is 330 g/mol. The van der Waals surface area contributed by atoms with Crippen molar-refractivity contribution >= 4 is 38.4 Å². The average Bonchev–Trinajstić information content (AvgIpc) is 2.35. The number of nitrogens with zero attached hydrogens (tertiary/aromatic N) is 2. The molecule has 3 nitrogen and oxygen atoms in total. The van der Waals surface area contributed by atoms with Gasteiger partial charge in [-0.05, 0) is 52.5 Å². The van der Waals surface area contributed by atoms with Crippen molar-refractivity contribution in [3.05, 3.63) is 37.3 Å². The second-order valence-corrected chi connectivity index (χ2v) is 4.92. The van der Waals surface area contributed by atoms with Gasteiger partial charge >= 0.3 is 0 Å². The molecule has 5 heteroatoms. The molecular weight excluding hydrogens is 316 g/mol. The van der Waals surface area contributed by atoms with Crippen LogP contribution < -0.4 is 5.56 Å². The first-order chi connectivity index (χ1) is 8.43. The number of rotatable bonds is 0. The van der Waals surface area contributed by atoms with Crippen LogP contribution in [0.1, 0.15) is 25.0 Å². The third kappa shape index (κ3) is 2.45. The normalized spacial score (nSPS) is 10.2. The molecule has 2 rings (SSSR count). The van der Waals surface area contributed by atoms with Crippen molar-refractivity contribution in [3.63, 3.8) is 0 Å². The Labute approximate surface area is 120 Å². The maximum Gasteiger partial charge on any atom is 0.263 e. The third-order valence-electron chi connectivity index (χ3n) is 2.61. The highest BCUT2D eigenvalue weighted by Crippen LogP contribution is 2.27. The van der Waals surface area contributed by atoms with Crippen molar-refractivity contribution in [1.29, 1.82) is 0 Å². The van der Waals surface area contributed by atoms with Crippen molar-refractivity contribution < 1.29 is 0 Å². The molecule has 0 saturated carbocycles. The highest BCUT2D eigenvalue weighted by atomic mass is 79.9. The van der Waals surface area contributed by atoms with Gasteiger partial charge in [0.2, 0.25) is 5.28 Å². The van der Waals surface area contributed by atoms with Gasteiger partial charge in [-0.2, -0.15) is 0 Å². The smallest absolute Gasteiger partial charge is 0.263 e. The van der Waals surface area contributed by atoms with Crippen LogP contribution in [-0.4, -0.2) is 9.55 Å². The summed E-state index contributed by atoms with van der Waals surface area (Å²) in [5, 5.41) is 0.792. The zero-order chi connectivity index (χ0) is 14.0. The molecule has 0 aliphatic rings. The van der Waals surface area contributed by atoms with E-state index in [1.807, 2.05) is 33.8 Å². The van der Waals surface area contributed by atoms with Crippen molar-refractivity contribution in [2.75, 3.05) is 0 Å². The molecule has 18 heavy (non-hydrogen) atoms. The van der Waals surface area contributed by atoms with Crippen LogP contribution in [0.4, 0.5) is 0 Å².